The Hall–Kier alpha value is -3.11. The van der Waals surface area contributed by atoms with Gasteiger partial charge in [0.05, 0.1) is 17.4 Å². The van der Waals surface area contributed by atoms with Crippen molar-refractivity contribution in [2.75, 3.05) is 5.43 Å². The van der Waals surface area contributed by atoms with Crippen LogP contribution in [0.2, 0.25) is 5.02 Å². The highest BCUT2D eigenvalue weighted by molar-refractivity contribution is 6.30. The maximum atomic E-state index is 11.5. The molecule has 4 nitrogen and oxygen atoms in total. The Balaban J connectivity index is 2.09. The Bertz CT molecular complexity index is 966. The lowest BCUT2D eigenvalue weighted by Crippen LogP contribution is -2.25. The summed E-state index contributed by atoms with van der Waals surface area (Å²) in [7, 11) is 0. The minimum Gasteiger partial charge on any atom is -0.545 e. The predicted octanol–water partition coefficient (Wildman–Crippen LogP) is 3.88. The van der Waals surface area contributed by atoms with Crippen molar-refractivity contribution in [1.82, 2.24) is 0 Å². The summed E-state index contributed by atoms with van der Waals surface area (Å²) in [5.74, 6) is -1.25. The van der Waals surface area contributed by atoms with Crippen molar-refractivity contribution >= 4 is 29.0 Å². The Morgan fingerprint density at radius 2 is 1.65 bits per heavy atom. The van der Waals surface area contributed by atoms with Gasteiger partial charge in [-0.1, -0.05) is 71.8 Å². The van der Waals surface area contributed by atoms with Crippen molar-refractivity contribution in [1.29, 1.82) is 0 Å². The molecule has 3 rings (SSSR count). The second-order valence-corrected chi connectivity index (χ2v) is 6.22. The number of aryl methyl sites for hydroxylation is 1. The number of benzene rings is 3. The lowest BCUT2D eigenvalue weighted by Gasteiger charge is -2.14. The van der Waals surface area contributed by atoms with Gasteiger partial charge in [-0.3, -0.25) is 5.43 Å². The van der Waals surface area contributed by atoms with E-state index in [4.69, 9.17) is 11.6 Å². The standard InChI is InChI=1S/C21H17ClN2O2/c1-14-9-11-15(12-10-14)20(18-7-2-3-8-19(18)21(25)26)24-23-17-6-4-5-16(22)13-17/h2-13,23H,1H3,(H,25,26)/p-1/b24-20+. The molecule has 0 bridgehead atoms. The van der Waals surface area contributed by atoms with Crippen molar-refractivity contribution < 1.29 is 9.90 Å². The van der Waals surface area contributed by atoms with Crippen LogP contribution in [0.5, 0.6) is 0 Å². The fourth-order valence-corrected chi connectivity index (χ4v) is 2.73. The summed E-state index contributed by atoms with van der Waals surface area (Å²) in [4.78, 5) is 11.5. The molecule has 5 heteroatoms. The zero-order valence-electron chi connectivity index (χ0n) is 14.1. The molecule has 26 heavy (non-hydrogen) atoms. The van der Waals surface area contributed by atoms with Gasteiger partial charge in [0, 0.05) is 21.7 Å². The summed E-state index contributed by atoms with van der Waals surface area (Å²) < 4.78 is 0. The quantitative estimate of drug-likeness (QED) is 0.552. The number of nitrogens with one attached hydrogen (secondary N) is 1. The van der Waals surface area contributed by atoms with Gasteiger partial charge in [-0.2, -0.15) is 5.10 Å². The number of hydrazone groups is 1. The molecule has 0 aliphatic rings. The van der Waals surface area contributed by atoms with Gasteiger partial charge in [0.15, 0.2) is 0 Å². The molecule has 0 saturated carbocycles. The lowest BCUT2D eigenvalue weighted by molar-refractivity contribution is -0.255. The van der Waals surface area contributed by atoms with Gasteiger partial charge in [0.1, 0.15) is 0 Å². The van der Waals surface area contributed by atoms with Crippen LogP contribution < -0.4 is 10.5 Å². The number of nitrogens with zero attached hydrogens (tertiary/aromatic N) is 1. The Kier molecular flexibility index (Phi) is 5.34. The molecule has 0 aliphatic carbocycles. The molecule has 0 saturated heterocycles. The van der Waals surface area contributed by atoms with E-state index in [1.807, 2.05) is 37.3 Å². The first-order valence-electron chi connectivity index (χ1n) is 8.01. The molecular weight excluding hydrogens is 348 g/mol. The van der Waals surface area contributed by atoms with Crippen molar-refractivity contribution in [2.45, 2.75) is 6.92 Å². The number of carboxylic acid groups (broad SMARTS) is 1. The number of anilines is 1. The molecular formula is C21H16ClN2O2-. The van der Waals surface area contributed by atoms with Gasteiger partial charge in [-0.05, 0) is 25.1 Å². The van der Waals surface area contributed by atoms with Gasteiger partial charge in [-0.15, -0.1) is 0 Å². The van der Waals surface area contributed by atoms with E-state index in [1.165, 1.54) is 6.07 Å². The van der Waals surface area contributed by atoms with Crippen molar-refractivity contribution in [3.8, 4) is 0 Å². The van der Waals surface area contributed by atoms with Crippen LogP contribution in [-0.2, 0) is 0 Å². The van der Waals surface area contributed by atoms with Gasteiger partial charge < -0.3 is 9.90 Å². The molecule has 0 amide bonds. The van der Waals surface area contributed by atoms with Crippen LogP contribution in [0.1, 0.15) is 27.0 Å². The molecule has 3 aromatic carbocycles. The number of hydrogen-bond donors (Lipinski definition) is 1. The van der Waals surface area contributed by atoms with Gasteiger partial charge in [0.2, 0.25) is 0 Å². The van der Waals surface area contributed by atoms with Crippen LogP contribution >= 0.6 is 11.6 Å². The molecule has 0 heterocycles. The maximum Gasteiger partial charge on any atom is 0.0984 e. The van der Waals surface area contributed by atoms with Crippen LogP contribution in [0, 0.1) is 6.92 Å². The summed E-state index contributed by atoms with van der Waals surface area (Å²) in [6.45, 7) is 1.99. The van der Waals surface area contributed by atoms with Gasteiger partial charge in [0.25, 0.3) is 0 Å². The highest BCUT2D eigenvalue weighted by atomic mass is 35.5. The lowest BCUT2D eigenvalue weighted by atomic mass is 9.97. The third kappa shape index (κ3) is 4.10. The SMILES string of the molecule is Cc1ccc(/C(=N\Nc2cccc(Cl)c2)c2ccccc2C(=O)[O-])cc1. The summed E-state index contributed by atoms with van der Waals surface area (Å²) in [6.07, 6.45) is 0. The van der Waals surface area contributed by atoms with E-state index in [2.05, 4.69) is 10.5 Å². The van der Waals surface area contributed by atoms with E-state index in [9.17, 15) is 9.90 Å². The number of carboxylic acids is 1. The maximum absolute atomic E-state index is 11.5. The Morgan fingerprint density at radius 1 is 0.962 bits per heavy atom. The summed E-state index contributed by atoms with van der Waals surface area (Å²) in [6, 6.07) is 21.5. The van der Waals surface area contributed by atoms with Crippen LogP contribution in [0.25, 0.3) is 0 Å². The number of hydrogen-bond acceptors (Lipinski definition) is 4. The molecule has 0 spiro atoms. The van der Waals surface area contributed by atoms with Gasteiger partial charge in [-0.25, -0.2) is 0 Å². The van der Waals surface area contributed by atoms with E-state index in [-0.39, 0.29) is 5.56 Å². The number of carbonyl (C=O) groups is 1. The minimum absolute atomic E-state index is 0.0831. The van der Waals surface area contributed by atoms with Crippen LogP contribution in [0.4, 0.5) is 5.69 Å². The fourth-order valence-electron chi connectivity index (χ4n) is 2.54. The van der Waals surface area contributed by atoms with E-state index in [0.717, 1.165) is 11.1 Å². The third-order valence-corrected chi connectivity index (χ3v) is 4.08. The van der Waals surface area contributed by atoms with Crippen molar-refractivity contribution in [3.05, 3.63) is 100 Å². The molecule has 0 aliphatic heterocycles. The van der Waals surface area contributed by atoms with E-state index < -0.39 is 5.97 Å². The Labute approximate surface area is 156 Å². The van der Waals surface area contributed by atoms with Crippen LogP contribution in [0.15, 0.2) is 77.9 Å². The predicted molar refractivity (Wildman–Crippen MR) is 103 cm³/mol. The smallest absolute Gasteiger partial charge is 0.0984 e. The van der Waals surface area contributed by atoms with Crippen molar-refractivity contribution in [3.63, 3.8) is 0 Å². The van der Waals surface area contributed by atoms with E-state index in [0.29, 0.717) is 22.0 Å². The fraction of sp³-hybridized carbons (Fsp3) is 0.0476. The highest BCUT2D eigenvalue weighted by Crippen LogP contribution is 2.19. The largest absolute Gasteiger partial charge is 0.545 e. The topological polar surface area (TPSA) is 64.5 Å². The summed E-state index contributed by atoms with van der Waals surface area (Å²) in [5, 5.41) is 16.6. The zero-order chi connectivity index (χ0) is 18.5. The van der Waals surface area contributed by atoms with Crippen LogP contribution in [-0.4, -0.2) is 11.7 Å². The molecule has 0 atom stereocenters. The molecule has 130 valence electrons. The molecule has 0 fully saturated rings. The number of aromatic carboxylic acids is 1. The molecule has 3 aromatic rings. The molecule has 0 unspecified atom stereocenters. The average Bonchev–Trinajstić information content (AvgIpc) is 2.63. The van der Waals surface area contributed by atoms with Crippen molar-refractivity contribution in [2.24, 2.45) is 5.10 Å². The number of rotatable bonds is 5. The second-order valence-electron chi connectivity index (χ2n) is 5.78. The molecule has 0 aromatic heterocycles. The number of halogens is 1. The minimum atomic E-state index is -1.25. The first-order chi connectivity index (χ1) is 12.5. The molecule has 1 N–H and O–H groups in total. The second kappa shape index (κ2) is 7.85. The zero-order valence-corrected chi connectivity index (χ0v) is 14.8. The van der Waals surface area contributed by atoms with Crippen LogP contribution in [0.3, 0.4) is 0 Å². The van der Waals surface area contributed by atoms with Gasteiger partial charge >= 0.3 is 0 Å². The first-order valence-corrected chi connectivity index (χ1v) is 8.39. The highest BCUT2D eigenvalue weighted by Gasteiger charge is 2.12. The normalized spacial score (nSPS) is 11.2. The van der Waals surface area contributed by atoms with E-state index >= 15 is 0 Å². The summed E-state index contributed by atoms with van der Waals surface area (Å²) >= 11 is 6.00. The third-order valence-electron chi connectivity index (χ3n) is 3.85. The Morgan fingerprint density at radius 3 is 2.31 bits per heavy atom. The monoisotopic (exact) mass is 363 g/mol. The first kappa shape index (κ1) is 17.7. The van der Waals surface area contributed by atoms with E-state index in [1.54, 1.807) is 36.4 Å². The number of carbonyl (C=O) groups excluding carboxylic acids is 1. The molecule has 0 radical (unpaired) electrons. The average molecular weight is 364 g/mol. The summed E-state index contributed by atoms with van der Waals surface area (Å²) in [5.41, 5.74) is 6.61.